The Morgan fingerprint density at radius 2 is 1.63 bits per heavy atom. The highest BCUT2D eigenvalue weighted by atomic mass is 28.3. The zero-order valence-electron chi connectivity index (χ0n) is 40.5. The van der Waals surface area contributed by atoms with Crippen LogP contribution in [-0.4, -0.2) is 98.0 Å². The van der Waals surface area contributed by atoms with Crippen LogP contribution in [0.15, 0.2) is 115 Å². The van der Waals surface area contributed by atoms with Crippen LogP contribution < -0.4 is 29.8 Å². The first-order valence-corrected chi connectivity index (χ1v) is 27.2. The fourth-order valence-electron chi connectivity index (χ4n) is 10.9. The number of hydrogen-bond donors (Lipinski definition) is 3. The number of nitrogens with one attached hydrogen (secondary N) is 1. The zero-order valence-corrected chi connectivity index (χ0v) is 41.5. The van der Waals surface area contributed by atoms with E-state index in [0.717, 1.165) is 34.0 Å². The molecule has 1 spiro atoms. The van der Waals surface area contributed by atoms with Gasteiger partial charge >= 0.3 is 0 Å². The van der Waals surface area contributed by atoms with Crippen LogP contribution in [0.2, 0.25) is 18.6 Å². The van der Waals surface area contributed by atoms with Crippen molar-refractivity contribution in [1.82, 2.24) is 10.2 Å². The quantitative estimate of drug-likeness (QED) is 0.0312. The third kappa shape index (κ3) is 9.70. The van der Waals surface area contributed by atoms with Gasteiger partial charge in [-0.25, -0.2) is 0 Å². The van der Waals surface area contributed by atoms with E-state index in [1.165, 1.54) is 12.1 Å². The number of nitro groups is 1. The van der Waals surface area contributed by atoms with Gasteiger partial charge in [0.15, 0.2) is 5.60 Å². The number of amides is 3. The number of aliphatic hydroxyl groups excluding tert-OH is 2. The van der Waals surface area contributed by atoms with Crippen LogP contribution in [-0.2, 0) is 44.2 Å². The summed E-state index contributed by atoms with van der Waals surface area (Å²) in [5.74, 6) is 0.123. The van der Waals surface area contributed by atoms with E-state index in [2.05, 4.69) is 18.4 Å². The molecular formula is C54H63N5O10Si. The van der Waals surface area contributed by atoms with Crippen molar-refractivity contribution in [2.75, 3.05) is 49.8 Å². The summed E-state index contributed by atoms with van der Waals surface area (Å²) in [6.07, 6.45) is 0.961. The fraction of sp³-hybridized carbons (Fsp3) is 0.389. The van der Waals surface area contributed by atoms with Gasteiger partial charge in [-0.3, -0.25) is 29.4 Å². The van der Waals surface area contributed by atoms with E-state index in [9.17, 15) is 29.9 Å². The Balaban J connectivity index is 1.15. The number of methoxy groups -OCH3 is 1. The van der Waals surface area contributed by atoms with E-state index >= 15 is 4.79 Å². The van der Waals surface area contributed by atoms with Gasteiger partial charge in [-0.2, -0.15) is 0 Å². The number of aliphatic hydroxyl groups is 2. The first kappa shape index (κ1) is 50.0. The molecule has 1 saturated heterocycles. The number of unbranched alkanes of at least 4 members (excludes halogenated alkanes) is 1. The largest absolute Gasteiger partial charge is 0.497 e. The van der Waals surface area contributed by atoms with Crippen molar-refractivity contribution in [3.8, 4) is 11.5 Å². The number of anilines is 3. The maximum absolute atomic E-state index is 15.6. The molecule has 0 aromatic heterocycles. The Labute approximate surface area is 410 Å². The van der Waals surface area contributed by atoms with Gasteiger partial charge in [-0.15, -0.1) is 0 Å². The van der Waals surface area contributed by atoms with Crippen molar-refractivity contribution in [2.45, 2.75) is 89.0 Å². The highest BCUT2D eigenvalue weighted by Gasteiger charge is 2.67. The molecule has 3 N–H and O–H groups in total. The number of nitrogens with zero attached hydrogens (tertiary/aromatic N) is 4. The van der Waals surface area contributed by atoms with Crippen LogP contribution in [0.1, 0.15) is 55.4 Å². The summed E-state index contributed by atoms with van der Waals surface area (Å²) >= 11 is 0. The lowest BCUT2D eigenvalue weighted by Crippen LogP contribution is -2.52. The predicted octanol–water partition coefficient (Wildman–Crippen LogP) is 7.13. The summed E-state index contributed by atoms with van der Waals surface area (Å²) in [4.78, 5) is 61.3. The number of carbonyl (C=O) groups excluding carboxylic acids is 3. The molecule has 3 aliphatic rings. The van der Waals surface area contributed by atoms with E-state index in [4.69, 9.17) is 14.2 Å². The highest BCUT2D eigenvalue weighted by molar-refractivity contribution is 6.91. The minimum atomic E-state index is -2.72. The molecular weight excluding hydrogens is 907 g/mol. The van der Waals surface area contributed by atoms with Gasteiger partial charge in [-0.1, -0.05) is 79.8 Å². The van der Waals surface area contributed by atoms with Gasteiger partial charge in [-0.05, 0) is 103 Å². The van der Waals surface area contributed by atoms with Gasteiger partial charge in [0, 0.05) is 49.0 Å². The fourth-order valence-corrected chi connectivity index (χ4v) is 15.0. The molecule has 0 saturated carbocycles. The van der Waals surface area contributed by atoms with Crippen LogP contribution in [0.5, 0.6) is 11.5 Å². The van der Waals surface area contributed by atoms with Gasteiger partial charge < -0.3 is 39.5 Å². The third-order valence-corrected chi connectivity index (χ3v) is 18.8. The average molecular weight is 970 g/mol. The molecule has 15 nitrogen and oxygen atoms in total. The molecule has 16 heteroatoms. The van der Waals surface area contributed by atoms with Crippen molar-refractivity contribution >= 4 is 53.7 Å². The van der Waals surface area contributed by atoms with Crippen LogP contribution in [0.25, 0.3) is 0 Å². The number of fused-ring (bicyclic) bond motifs is 3. The Hall–Kier alpha value is -6.43. The van der Waals surface area contributed by atoms with Crippen molar-refractivity contribution in [3.63, 3.8) is 0 Å². The van der Waals surface area contributed by atoms with E-state index in [-0.39, 0.29) is 68.2 Å². The van der Waals surface area contributed by atoms with Gasteiger partial charge in [0.05, 0.1) is 69.8 Å². The molecule has 3 amide bonds. The third-order valence-electron chi connectivity index (χ3n) is 14.4. The molecule has 1 unspecified atom stereocenters. The van der Waals surface area contributed by atoms with Crippen molar-refractivity contribution < 1.29 is 43.7 Å². The molecule has 0 bridgehead atoms. The molecule has 5 aromatic rings. The SMILES string of the molecule is CCOc1ccc2c(c1)CC(NCCCCO)C(=O)N2c1ccc(CN2C(=O)[C@@]3(O[C@@H](CC(=O)N(CCO)Cc4ccccc4)[C@H]([Si](C)(C)c4ccc(OC)cc4)[C@H]3C)c3cc([N+](=O)[O-])ccc32)cc1. The molecule has 368 valence electrons. The Bertz CT molecular complexity index is 2690. The summed E-state index contributed by atoms with van der Waals surface area (Å²) in [7, 11) is -1.11. The maximum Gasteiger partial charge on any atom is 0.269 e. The zero-order chi connectivity index (χ0) is 49.7. The molecule has 5 atom stereocenters. The normalized spacial score (nSPS) is 20.7. The topological polar surface area (TPSA) is 184 Å². The number of rotatable bonds is 20. The lowest BCUT2D eigenvalue weighted by atomic mass is 9.82. The second-order valence-electron chi connectivity index (χ2n) is 18.9. The molecule has 8 rings (SSSR count). The number of non-ortho nitro benzene ring substituents is 1. The number of benzene rings is 5. The van der Waals surface area contributed by atoms with Crippen LogP contribution in [0.3, 0.4) is 0 Å². The number of ether oxygens (including phenoxy) is 3. The van der Waals surface area contributed by atoms with Gasteiger partial charge in [0.1, 0.15) is 11.5 Å². The highest BCUT2D eigenvalue weighted by Crippen LogP contribution is 2.60. The Kier molecular flexibility index (Phi) is 15.2. The molecule has 5 aromatic carbocycles. The van der Waals surface area contributed by atoms with Crippen LogP contribution in [0, 0.1) is 16.0 Å². The minimum Gasteiger partial charge on any atom is -0.497 e. The molecule has 0 radical (unpaired) electrons. The summed E-state index contributed by atoms with van der Waals surface area (Å²) in [6.45, 7) is 9.67. The predicted molar refractivity (Wildman–Crippen MR) is 270 cm³/mol. The summed E-state index contributed by atoms with van der Waals surface area (Å²) in [5.41, 5.74) is 2.64. The number of nitro benzene ring substituents is 1. The standard InChI is InChI=1S/C54H63N5O10Si/c1-6-68-43-21-25-47-39(30-43)31-46(55-26-10-11-28-60)52(63)58(47)40-16-14-38(15-17-40)35-57-48-24-18-41(59(65)66)32-45(48)54(53(57)64)36(2)51(70(4,5)44-22-19-42(67-3)20-23-44)49(69-54)33-50(62)56(27-29-61)34-37-12-8-7-9-13-37/h7-9,12-25,30,32,36,46,49,51,55,60-61H,6,10-11,26-29,31,33-35H2,1-5H3/t36-,46?,49+,51-,54+/m1/s1. The monoisotopic (exact) mass is 969 g/mol. The summed E-state index contributed by atoms with van der Waals surface area (Å²) in [6, 6.07) is 34.6. The summed E-state index contributed by atoms with van der Waals surface area (Å²) < 4.78 is 18.5. The minimum absolute atomic E-state index is 0.0772. The lowest BCUT2D eigenvalue weighted by molar-refractivity contribution is -0.385. The van der Waals surface area contributed by atoms with E-state index in [1.807, 2.05) is 111 Å². The molecule has 0 aliphatic carbocycles. The van der Waals surface area contributed by atoms with Gasteiger partial charge in [0.2, 0.25) is 11.8 Å². The van der Waals surface area contributed by atoms with Crippen LogP contribution >= 0.6 is 0 Å². The van der Waals surface area contributed by atoms with E-state index < -0.39 is 36.7 Å². The second-order valence-corrected chi connectivity index (χ2v) is 23.6. The van der Waals surface area contributed by atoms with E-state index in [1.54, 1.807) is 27.9 Å². The molecule has 3 aliphatic heterocycles. The Morgan fingerprint density at radius 3 is 2.30 bits per heavy atom. The van der Waals surface area contributed by atoms with Crippen molar-refractivity contribution in [1.29, 1.82) is 0 Å². The van der Waals surface area contributed by atoms with Crippen molar-refractivity contribution in [2.24, 2.45) is 5.92 Å². The number of hydrogen-bond acceptors (Lipinski definition) is 11. The van der Waals surface area contributed by atoms with E-state index in [0.29, 0.717) is 54.4 Å². The second kappa shape index (κ2) is 21.3. The lowest BCUT2D eigenvalue weighted by Gasteiger charge is -2.37. The smallest absolute Gasteiger partial charge is 0.269 e. The van der Waals surface area contributed by atoms with Crippen molar-refractivity contribution in [3.05, 3.63) is 148 Å². The molecule has 3 heterocycles. The van der Waals surface area contributed by atoms with Gasteiger partial charge in [0.25, 0.3) is 11.6 Å². The Morgan fingerprint density at radius 1 is 0.914 bits per heavy atom. The first-order chi connectivity index (χ1) is 33.7. The van der Waals surface area contributed by atoms with Crippen LogP contribution in [0.4, 0.5) is 22.7 Å². The molecule has 70 heavy (non-hydrogen) atoms. The first-order valence-electron chi connectivity index (χ1n) is 24.1. The number of carbonyl (C=O) groups is 3. The maximum atomic E-state index is 15.6. The summed E-state index contributed by atoms with van der Waals surface area (Å²) in [5, 5.41) is 36.4. The average Bonchev–Trinajstić information content (AvgIpc) is 3.78. The molecule has 1 fully saturated rings.